The van der Waals surface area contributed by atoms with Crippen LogP contribution in [0, 0.1) is 0 Å². The summed E-state index contributed by atoms with van der Waals surface area (Å²) in [6, 6.07) is 7.04. The predicted octanol–water partition coefficient (Wildman–Crippen LogP) is 2.94. The second kappa shape index (κ2) is 7.96. The van der Waals surface area contributed by atoms with Gasteiger partial charge in [0, 0.05) is 43.5 Å². The number of hydrogen-bond acceptors (Lipinski definition) is 4. The fourth-order valence-corrected chi connectivity index (χ4v) is 3.90. The fraction of sp³-hybridized carbons (Fsp3) is 0.429. The molecule has 0 aromatic carbocycles. The molecule has 146 valence electrons. The van der Waals surface area contributed by atoms with Gasteiger partial charge in [0.15, 0.2) is 0 Å². The molecule has 0 atom stereocenters. The van der Waals surface area contributed by atoms with Crippen LogP contribution in [0.15, 0.2) is 41.5 Å². The monoisotopic (exact) mass is 379 g/mol. The summed E-state index contributed by atoms with van der Waals surface area (Å²) >= 11 is 0. The maximum absolute atomic E-state index is 12.9. The zero-order valence-electron chi connectivity index (χ0n) is 16.1. The summed E-state index contributed by atoms with van der Waals surface area (Å²) in [4.78, 5) is 34.2. The van der Waals surface area contributed by atoms with E-state index in [2.05, 4.69) is 28.1 Å². The van der Waals surface area contributed by atoms with Gasteiger partial charge < -0.3 is 9.88 Å². The fourth-order valence-electron chi connectivity index (χ4n) is 3.90. The number of aromatic amines is 1. The Morgan fingerprint density at radius 3 is 2.86 bits per heavy atom. The van der Waals surface area contributed by atoms with E-state index in [1.807, 2.05) is 17.2 Å². The quantitative estimate of drug-likeness (QED) is 0.739. The number of fused-ring (bicyclic) bond motifs is 1. The molecule has 0 unspecified atom stereocenters. The van der Waals surface area contributed by atoms with Crippen LogP contribution in [0.4, 0.5) is 0 Å². The number of likely N-dealkylation sites (tertiary alicyclic amines) is 1. The van der Waals surface area contributed by atoms with Crippen molar-refractivity contribution in [1.82, 2.24) is 24.6 Å². The van der Waals surface area contributed by atoms with Crippen molar-refractivity contribution < 1.29 is 4.79 Å². The average molecular weight is 379 g/mol. The lowest BCUT2D eigenvalue weighted by atomic mass is 9.89. The SMILES string of the molecule is CCCCn1nc(C(=O)N2CCC(c3c[nH]c4ncccc34)CC2)ccc1=O. The zero-order valence-corrected chi connectivity index (χ0v) is 16.1. The van der Waals surface area contributed by atoms with E-state index in [0.717, 1.165) is 36.7 Å². The van der Waals surface area contributed by atoms with Crippen LogP contribution in [-0.2, 0) is 6.54 Å². The highest BCUT2D eigenvalue weighted by Crippen LogP contribution is 2.32. The molecule has 1 saturated heterocycles. The molecule has 1 aliphatic heterocycles. The molecule has 1 N–H and O–H groups in total. The van der Waals surface area contributed by atoms with Crippen molar-refractivity contribution in [3.63, 3.8) is 0 Å². The molecule has 1 fully saturated rings. The van der Waals surface area contributed by atoms with Gasteiger partial charge in [0.2, 0.25) is 0 Å². The Morgan fingerprint density at radius 2 is 2.07 bits per heavy atom. The number of H-pyrrole nitrogens is 1. The minimum Gasteiger partial charge on any atom is -0.346 e. The number of piperidine rings is 1. The molecule has 4 heterocycles. The molecular weight excluding hydrogens is 354 g/mol. The van der Waals surface area contributed by atoms with Crippen LogP contribution in [0.25, 0.3) is 11.0 Å². The first kappa shape index (κ1) is 18.4. The van der Waals surface area contributed by atoms with E-state index in [1.54, 1.807) is 12.3 Å². The standard InChI is InChI=1S/C21H25N5O2/c1-2-3-11-26-19(27)7-6-18(24-26)21(28)25-12-8-15(9-13-25)17-14-23-20-16(17)5-4-10-22-20/h4-7,10,14-15H,2-3,8-9,11-13H2,1H3,(H,22,23). The number of pyridine rings is 1. The van der Waals surface area contributed by atoms with Crippen molar-refractivity contribution in [3.05, 3.63) is 58.3 Å². The maximum Gasteiger partial charge on any atom is 0.274 e. The zero-order chi connectivity index (χ0) is 19.5. The topological polar surface area (TPSA) is 83.9 Å². The summed E-state index contributed by atoms with van der Waals surface area (Å²) in [5.74, 6) is 0.317. The van der Waals surface area contributed by atoms with Gasteiger partial charge in [-0.3, -0.25) is 9.59 Å². The van der Waals surface area contributed by atoms with Crippen molar-refractivity contribution in [2.24, 2.45) is 0 Å². The van der Waals surface area contributed by atoms with Gasteiger partial charge in [-0.15, -0.1) is 0 Å². The Kier molecular flexibility index (Phi) is 5.23. The average Bonchev–Trinajstić information content (AvgIpc) is 3.17. The Labute approximate surface area is 163 Å². The lowest BCUT2D eigenvalue weighted by Crippen LogP contribution is -2.39. The summed E-state index contributed by atoms with van der Waals surface area (Å²) in [6.07, 6.45) is 7.49. The first-order valence-electron chi connectivity index (χ1n) is 9.97. The molecular formula is C21H25N5O2. The van der Waals surface area contributed by atoms with Gasteiger partial charge in [-0.25, -0.2) is 9.67 Å². The summed E-state index contributed by atoms with van der Waals surface area (Å²) in [7, 11) is 0. The Balaban J connectivity index is 1.45. The molecule has 28 heavy (non-hydrogen) atoms. The van der Waals surface area contributed by atoms with Crippen molar-refractivity contribution >= 4 is 16.9 Å². The highest BCUT2D eigenvalue weighted by atomic mass is 16.2. The third kappa shape index (κ3) is 3.56. The predicted molar refractivity (Wildman–Crippen MR) is 107 cm³/mol. The van der Waals surface area contributed by atoms with E-state index in [9.17, 15) is 9.59 Å². The lowest BCUT2D eigenvalue weighted by molar-refractivity contribution is 0.0704. The first-order valence-corrected chi connectivity index (χ1v) is 9.97. The lowest BCUT2D eigenvalue weighted by Gasteiger charge is -2.31. The summed E-state index contributed by atoms with van der Waals surface area (Å²) in [5.41, 5.74) is 2.39. The van der Waals surface area contributed by atoms with Crippen LogP contribution in [-0.4, -0.2) is 43.6 Å². The number of rotatable bonds is 5. The molecule has 0 aliphatic carbocycles. The molecule has 1 amide bonds. The number of unbranched alkanes of at least 4 members (excludes halogenated alkanes) is 1. The molecule has 3 aromatic heterocycles. The van der Waals surface area contributed by atoms with Crippen molar-refractivity contribution in [2.45, 2.75) is 45.1 Å². The van der Waals surface area contributed by atoms with Gasteiger partial charge >= 0.3 is 0 Å². The van der Waals surface area contributed by atoms with Gasteiger partial charge in [0.25, 0.3) is 11.5 Å². The van der Waals surface area contributed by atoms with Gasteiger partial charge in [-0.05, 0) is 48.9 Å². The van der Waals surface area contributed by atoms with Crippen LogP contribution < -0.4 is 5.56 Å². The number of nitrogens with zero attached hydrogens (tertiary/aromatic N) is 4. The van der Waals surface area contributed by atoms with Crippen molar-refractivity contribution in [2.75, 3.05) is 13.1 Å². The number of carbonyl (C=O) groups is 1. The van der Waals surface area contributed by atoms with E-state index < -0.39 is 0 Å². The molecule has 0 saturated carbocycles. The highest BCUT2D eigenvalue weighted by Gasteiger charge is 2.27. The van der Waals surface area contributed by atoms with Crippen LogP contribution in [0.2, 0.25) is 0 Å². The van der Waals surface area contributed by atoms with Crippen LogP contribution in [0.1, 0.15) is 54.6 Å². The first-order chi connectivity index (χ1) is 13.7. The molecule has 7 nitrogen and oxygen atoms in total. The van der Waals surface area contributed by atoms with Gasteiger partial charge in [0.05, 0.1) is 0 Å². The third-order valence-electron chi connectivity index (χ3n) is 5.51. The van der Waals surface area contributed by atoms with Crippen LogP contribution in [0.5, 0.6) is 0 Å². The van der Waals surface area contributed by atoms with Crippen molar-refractivity contribution in [1.29, 1.82) is 0 Å². The van der Waals surface area contributed by atoms with Crippen LogP contribution >= 0.6 is 0 Å². The van der Waals surface area contributed by atoms with Crippen LogP contribution in [0.3, 0.4) is 0 Å². The normalized spacial score (nSPS) is 15.2. The number of aromatic nitrogens is 4. The van der Waals surface area contributed by atoms with E-state index in [-0.39, 0.29) is 11.5 Å². The minimum absolute atomic E-state index is 0.0932. The maximum atomic E-state index is 12.9. The number of hydrogen-bond donors (Lipinski definition) is 1. The number of carbonyl (C=O) groups excluding carboxylic acids is 1. The Bertz CT molecular complexity index is 1030. The second-order valence-electron chi connectivity index (χ2n) is 7.34. The molecule has 7 heteroatoms. The highest BCUT2D eigenvalue weighted by molar-refractivity contribution is 5.92. The third-order valence-corrected chi connectivity index (χ3v) is 5.51. The molecule has 0 spiro atoms. The molecule has 1 aliphatic rings. The minimum atomic E-state index is -0.156. The van der Waals surface area contributed by atoms with Gasteiger partial charge in [-0.1, -0.05) is 13.3 Å². The molecule has 0 bridgehead atoms. The largest absolute Gasteiger partial charge is 0.346 e. The summed E-state index contributed by atoms with van der Waals surface area (Å²) in [5, 5.41) is 5.46. The van der Waals surface area contributed by atoms with E-state index >= 15 is 0 Å². The van der Waals surface area contributed by atoms with E-state index in [1.165, 1.54) is 16.3 Å². The molecule has 4 rings (SSSR count). The van der Waals surface area contributed by atoms with E-state index in [0.29, 0.717) is 31.2 Å². The number of nitrogens with one attached hydrogen (secondary N) is 1. The van der Waals surface area contributed by atoms with Crippen molar-refractivity contribution in [3.8, 4) is 0 Å². The summed E-state index contributed by atoms with van der Waals surface area (Å²) < 4.78 is 1.41. The molecule has 0 radical (unpaired) electrons. The summed E-state index contributed by atoms with van der Waals surface area (Å²) in [6.45, 7) is 3.99. The Hall–Kier alpha value is -2.96. The Morgan fingerprint density at radius 1 is 1.25 bits per heavy atom. The van der Waals surface area contributed by atoms with Gasteiger partial charge in [0.1, 0.15) is 11.3 Å². The van der Waals surface area contributed by atoms with Gasteiger partial charge in [-0.2, -0.15) is 5.10 Å². The number of aryl methyl sites for hydroxylation is 1. The second-order valence-corrected chi connectivity index (χ2v) is 7.34. The molecule has 3 aromatic rings. The number of amides is 1. The van der Waals surface area contributed by atoms with E-state index in [4.69, 9.17) is 0 Å². The smallest absolute Gasteiger partial charge is 0.274 e.